The first-order valence-corrected chi connectivity index (χ1v) is 7.30. The van der Waals surface area contributed by atoms with Crippen LogP contribution in [0.2, 0.25) is 0 Å². The second-order valence-electron chi connectivity index (χ2n) is 4.96. The highest BCUT2D eigenvalue weighted by Crippen LogP contribution is 2.31. The summed E-state index contributed by atoms with van der Waals surface area (Å²) < 4.78 is 45.6. The Balaban J connectivity index is 2.12. The molecule has 0 aliphatic heterocycles. The van der Waals surface area contributed by atoms with E-state index in [1.165, 1.54) is 10.6 Å². The Labute approximate surface area is 140 Å². The van der Waals surface area contributed by atoms with Crippen molar-refractivity contribution >= 4 is 12.2 Å². The molecule has 0 saturated heterocycles. The van der Waals surface area contributed by atoms with Crippen LogP contribution < -0.4 is 4.74 Å². The first kappa shape index (κ1) is 16.3. The number of hydrogen-bond donors (Lipinski definition) is 1. The maximum absolute atomic E-state index is 12.9. The summed E-state index contributed by atoms with van der Waals surface area (Å²) >= 11 is 5.18. The molecule has 4 nitrogen and oxygen atoms in total. The van der Waals surface area contributed by atoms with E-state index in [1.807, 2.05) is 0 Å². The number of H-pyrrole nitrogens is 1. The number of aromatic amines is 1. The van der Waals surface area contributed by atoms with Gasteiger partial charge in [-0.25, -0.2) is 0 Å². The molecule has 24 heavy (non-hydrogen) atoms. The lowest BCUT2D eigenvalue weighted by Gasteiger charge is -2.11. The minimum atomic E-state index is -4.43. The number of alkyl halides is 3. The quantitative estimate of drug-likeness (QED) is 0.700. The predicted molar refractivity (Wildman–Crippen MR) is 85.7 cm³/mol. The molecular formula is C16H12F3N3OS. The van der Waals surface area contributed by atoms with Crippen molar-refractivity contribution in [2.45, 2.75) is 6.18 Å². The highest BCUT2D eigenvalue weighted by Gasteiger charge is 2.30. The predicted octanol–water partition coefficient (Wildman–Crippen LogP) is 4.62. The zero-order valence-corrected chi connectivity index (χ0v) is 13.3. The molecule has 0 saturated carbocycles. The summed E-state index contributed by atoms with van der Waals surface area (Å²) in [5.41, 5.74) is 0.235. The molecule has 0 spiro atoms. The molecule has 124 valence electrons. The van der Waals surface area contributed by atoms with Gasteiger partial charge in [-0.1, -0.05) is 6.07 Å². The van der Waals surface area contributed by atoms with Crippen molar-refractivity contribution in [1.29, 1.82) is 0 Å². The molecule has 0 atom stereocenters. The number of rotatable bonds is 3. The van der Waals surface area contributed by atoms with Crippen molar-refractivity contribution < 1.29 is 17.9 Å². The molecule has 8 heteroatoms. The molecule has 0 aliphatic rings. The average Bonchev–Trinajstić information content (AvgIpc) is 2.96. The molecule has 0 amide bonds. The lowest BCUT2D eigenvalue weighted by atomic mass is 10.1. The van der Waals surface area contributed by atoms with Crippen molar-refractivity contribution in [3.63, 3.8) is 0 Å². The Morgan fingerprint density at radius 2 is 1.83 bits per heavy atom. The van der Waals surface area contributed by atoms with Crippen LogP contribution >= 0.6 is 12.2 Å². The molecule has 0 bridgehead atoms. The number of ether oxygens (including phenoxy) is 1. The summed E-state index contributed by atoms with van der Waals surface area (Å²) in [6, 6.07) is 11.9. The maximum Gasteiger partial charge on any atom is 0.416 e. The minimum Gasteiger partial charge on any atom is -0.497 e. The van der Waals surface area contributed by atoms with E-state index in [0.29, 0.717) is 17.1 Å². The molecule has 1 aromatic heterocycles. The molecule has 2 aromatic carbocycles. The van der Waals surface area contributed by atoms with Crippen LogP contribution in [0.4, 0.5) is 13.2 Å². The van der Waals surface area contributed by atoms with Gasteiger partial charge in [0.05, 0.1) is 18.4 Å². The first-order chi connectivity index (χ1) is 11.4. The number of nitrogens with zero attached hydrogens (tertiary/aromatic N) is 2. The van der Waals surface area contributed by atoms with Crippen LogP contribution in [0, 0.1) is 4.77 Å². The Kier molecular flexibility index (Phi) is 4.15. The zero-order valence-electron chi connectivity index (χ0n) is 12.5. The molecule has 3 aromatic rings. The number of nitrogens with one attached hydrogen (secondary N) is 1. The summed E-state index contributed by atoms with van der Waals surface area (Å²) in [5.74, 6) is 1.08. The van der Waals surface area contributed by atoms with Crippen molar-refractivity contribution in [2.75, 3.05) is 7.11 Å². The third-order valence-corrected chi connectivity index (χ3v) is 3.73. The van der Waals surface area contributed by atoms with Gasteiger partial charge in [-0.15, -0.1) is 0 Å². The van der Waals surface area contributed by atoms with Gasteiger partial charge in [0.1, 0.15) is 5.75 Å². The summed E-state index contributed by atoms with van der Waals surface area (Å²) in [5, 5.41) is 6.76. The number of benzene rings is 2. The maximum atomic E-state index is 12.9. The zero-order chi connectivity index (χ0) is 17.3. The van der Waals surface area contributed by atoms with Gasteiger partial charge >= 0.3 is 6.18 Å². The second-order valence-corrected chi connectivity index (χ2v) is 5.35. The Morgan fingerprint density at radius 1 is 1.12 bits per heavy atom. The summed E-state index contributed by atoms with van der Waals surface area (Å²) in [7, 11) is 1.55. The van der Waals surface area contributed by atoms with Gasteiger partial charge in [-0.05, 0) is 54.7 Å². The number of aromatic nitrogens is 3. The van der Waals surface area contributed by atoms with Crippen LogP contribution in [0.3, 0.4) is 0 Å². The monoisotopic (exact) mass is 351 g/mol. The third kappa shape index (κ3) is 3.05. The van der Waals surface area contributed by atoms with Gasteiger partial charge in [0.2, 0.25) is 0 Å². The van der Waals surface area contributed by atoms with Gasteiger partial charge in [0, 0.05) is 5.56 Å². The van der Waals surface area contributed by atoms with Crippen LogP contribution in [-0.2, 0) is 6.18 Å². The van der Waals surface area contributed by atoms with Crippen molar-refractivity contribution in [1.82, 2.24) is 14.8 Å². The number of hydrogen-bond acceptors (Lipinski definition) is 3. The van der Waals surface area contributed by atoms with E-state index in [2.05, 4.69) is 10.2 Å². The molecule has 0 fully saturated rings. The Hall–Kier alpha value is -2.61. The molecule has 3 rings (SSSR count). The summed E-state index contributed by atoms with van der Waals surface area (Å²) in [6.45, 7) is 0. The molecular weight excluding hydrogens is 339 g/mol. The Bertz CT molecular complexity index is 913. The fourth-order valence-electron chi connectivity index (χ4n) is 2.29. The van der Waals surface area contributed by atoms with Crippen LogP contribution in [0.1, 0.15) is 5.56 Å². The van der Waals surface area contributed by atoms with Crippen LogP contribution in [0.15, 0.2) is 48.5 Å². The standard InChI is InChI=1S/C16H12F3N3OS/c1-23-13-7-5-10(6-8-13)14-20-21-15(24)22(14)12-4-2-3-11(9-12)16(17,18)19/h2-9H,1H3,(H,21,24). The normalized spacial score (nSPS) is 11.5. The number of methoxy groups -OCH3 is 1. The van der Waals surface area contributed by atoms with Gasteiger partial charge in [0.15, 0.2) is 10.6 Å². The van der Waals surface area contributed by atoms with E-state index in [0.717, 1.165) is 12.1 Å². The second kappa shape index (κ2) is 6.12. The third-order valence-electron chi connectivity index (χ3n) is 3.45. The van der Waals surface area contributed by atoms with E-state index >= 15 is 0 Å². The van der Waals surface area contributed by atoms with Crippen LogP contribution in [0.25, 0.3) is 17.1 Å². The molecule has 1 heterocycles. The molecule has 1 N–H and O–H groups in total. The average molecular weight is 351 g/mol. The van der Waals surface area contributed by atoms with E-state index < -0.39 is 11.7 Å². The smallest absolute Gasteiger partial charge is 0.416 e. The van der Waals surface area contributed by atoms with E-state index in [9.17, 15) is 13.2 Å². The van der Waals surface area contributed by atoms with Gasteiger partial charge in [0.25, 0.3) is 0 Å². The minimum absolute atomic E-state index is 0.208. The van der Waals surface area contributed by atoms with Crippen molar-refractivity contribution in [3.8, 4) is 22.8 Å². The molecule has 0 radical (unpaired) electrons. The van der Waals surface area contributed by atoms with E-state index in [1.54, 1.807) is 37.4 Å². The lowest BCUT2D eigenvalue weighted by Crippen LogP contribution is -2.06. The highest BCUT2D eigenvalue weighted by atomic mass is 32.1. The largest absolute Gasteiger partial charge is 0.497 e. The summed E-state index contributed by atoms with van der Waals surface area (Å²) in [4.78, 5) is 0. The fraction of sp³-hybridized carbons (Fsp3) is 0.125. The highest BCUT2D eigenvalue weighted by molar-refractivity contribution is 7.71. The fourth-order valence-corrected chi connectivity index (χ4v) is 2.53. The van der Waals surface area contributed by atoms with E-state index in [4.69, 9.17) is 17.0 Å². The van der Waals surface area contributed by atoms with Gasteiger partial charge < -0.3 is 4.74 Å². The van der Waals surface area contributed by atoms with Crippen molar-refractivity contribution in [3.05, 3.63) is 58.9 Å². The van der Waals surface area contributed by atoms with Gasteiger partial charge in [-0.3, -0.25) is 9.67 Å². The molecule has 0 unspecified atom stereocenters. The number of halogens is 3. The van der Waals surface area contributed by atoms with Gasteiger partial charge in [-0.2, -0.15) is 18.3 Å². The van der Waals surface area contributed by atoms with Crippen LogP contribution in [-0.4, -0.2) is 21.9 Å². The molecule has 0 aliphatic carbocycles. The summed E-state index contributed by atoms with van der Waals surface area (Å²) in [6.07, 6.45) is -4.43. The van der Waals surface area contributed by atoms with Crippen molar-refractivity contribution in [2.24, 2.45) is 0 Å². The topological polar surface area (TPSA) is 42.8 Å². The SMILES string of the molecule is COc1ccc(-c2n[nH]c(=S)n2-c2cccc(C(F)(F)F)c2)cc1. The lowest BCUT2D eigenvalue weighted by molar-refractivity contribution is -0.137. The Morgan fingerprint density at radius 3 is 2.46 bits per heavy atom. The first-order valence-electron chi connectivity index (χ1n) is 6.89. The van der Waals surface area contributed by atoms with Crippen LogP contribution in [0.5, 0.6) is 5.75 Å². The van der Waals surface area contributed by atoms with E-state index in [-0.39, 0.29) is 10.5 Å².